The summed E-state index contributed by atoms with van der Waals surface area (Å²) < 4.78 is 0. The molecule has 0 spiro atoms. The third-order valence-electron chi connectivity index (χ3n) is 2.69. The van der Waals surface area contributed by atoms with Crippen LogP contribution in [0.3, 0.4) is 0 Å². The lowest BCUT2D eigenvalue weighted by Gasteiger charge is -2.26. The maximum atomic E-state index is 9.37. The lowest BCUT2D eigenvalue weighted by Crippen LogP contribution is -2.15. The van der Waals surface area contributed by atoms with Crippen LogP contribution in [0.5, 0.6) is 0 Å². The third-order valence-corrected chi connectivity index (χ3v) is 6.27. The lowest BCUT2D eigenvalue weighted by molar-refractivity contribution is 0.445. The second-order valence-corrected chi connectivity index (χ2v) is 10.0. The maximum Gasteiger partial charge on any atom is 0.242 e. The fourth-order valence-electron chi connectivity index (χ4n) is 1.77. The van der Waals surface area contributed by atoms with Gasteiger partial charge in [0.15, 0.2) is 0 Å². The van der Waals surface area contributed by atoms with E-state index in [1.54, 1.807) is 0 Å². The molecule has 0 saturated carbocycles. The highest BCUT2D eigenvalue weighted by molar-refractivity contribution is 8.67. The van der Waals surface area contributed by atoms with Crippen molar-refractivity contribution < 1.29 is 9.79 Å². The van der Waals surface area contributed by atoms with Gasteiger partial charge in [-0.25, -0.2) is 0 Å². The molecule has 2 N–H and O–H groups in total. The molecule has 92 valence electrons. The largest absolute Gasteiger partial charge is 0.338 e. The topological polar surface area (TPSA) is 40.5 Å². The zero-order valence-corrected chi connectivity index (χ0v) is 12.4. The van der Waals surface area contributed by atoms with Crippen molar-refractivity contribution in [3.05, 3.63) is 0 Å². The second kappa shape index (κ2) is 8.08. The summed E-state index contributed by atoms with van der Waals surface area (Å²) >= 11 is 5.95. The summed E-state index contributed by atoms with van der Waals surface area (Å²) in [7, 11) is 0. The van der Waals surface area contributed by atoms with Crippen molar-refractivity contribution in [2.45, 2.75) is 58.1 Å². The van der Waals surface area contributed by atoms with Gasteiger partial charge < -0.3 is 9.79 Å². The Labute approximate surface area is 103 Å². The molecule has 0 radical (unpaired) electrons. The van der Waals surface area contributed by atoms with Crippen molar-refractivity contribution in [2.24, 2.45) is 5.92 Å². The van der Waals surface area contributed by atoms with Crippen molar-refractivity contribution in [3.8, 4) is 0 Å². The number of rotatable bonds is 8. The third kappa shape index (κ3) is 7.76. The van der Waals surface area contributed by atoms with Crippen molar-refractivity contribution in [2.75, 3.05) is 0 Å². The van der Waals surface area contributed by atoms with Crippen molar-refractivity contribution in [3.63, 3.8) is 0 Å². The molecule has 0 bridgehead atoms. The van der Waals surface area contributed by atoms with E-state index in [2.05, 4.69) is 20.8 Å². The van der Waals surface area contributed by atoms with E-state index in [1.807, 2.05) is 0 Å². The number of hydrogen-bond acceptors (Lipinski definition) is 2. The van der Waals surface area contributed by atoms with E-state index in [0.717, 1.165) is 32.1 Å². The predicted molar refractivity (Wildman–Crippen MR) is 73.7 cm³/mol. The van der Waals surface area contributed by atoms with Crippen LogP contribution in [0.15, 0.2) is 0 Å². The summed E-state index contributed by atoms with van der Waals surface area (Å²) in [6, 6.07) is 0. The Balaban J connectivity index is 4.35. The first-order valence-corrected chi connectivity index (χ1v) is 9.87. The molecule has 1 unspecified atom stereocenters. The first-order valence-electron chi connectivity index (χ1n) is 5.68. The molecule has 0 aromatic rings. The highest BCUT2D eigenvalue weighted by Crippen LogP contribution is 2.56. The van der Waals surface area contributed by atoms with E-state index in [4.69, 9.17) is 11.8 Å². The molecule has 0 fully saturated rings. The average Bonchev–Trinajstić information content (AvgIpc) is 2.13. The predicted octanol–water partition coefficient (Wildman–Crippen LogP) is 3.92. The maximum absolute atomic E-state index is 9.37. The van der Waals surface area contributed by atoms with Gasteiger partial charge >= 0.3 is 0 Å². The Bertz CT molecular complexity index is 202. The van der Waals surface area contributed by atoms with Crippen LogP contribution in [0.25, 0.3) is 0 Å². The van der Waals surface area contributed by atoms with Crippen LogP contribution in [-0.4, -0.2) is 15.0 Å². The molecule has 2 nitrogen and oxygen atoms in total. The molecule has 15 heavy (non-hydrogen) atoms. The Hall–Kier alpha value is 0.920. The van der Waals surface area contributed by atoms with Crippen LogP contribution in [0.1, 0.15) is 52.9 Å². The monoisotopic (exact) mass is 270 g/mol. The Morgan fingerprint density at radius 2 is 1.73 bits per heavy atom. The van der Waals surface area contributed by atoms with Gasteiger partial charge in [-0.2, -0.15) is 0 Å². The fraction of sp³-hybridized carbons (Fsp3) is 1.00. The molecule has 0 aliphatic carbocycles. The summed E-state index contributed by atoms with van der Waals surface area (Å²) in [6.45, 7) is 6.47. The van der Waals surface area contributed by atoms with E-state index in [0.29, 0.717) is 11.2 Å². The minimum Gasteiger partial charge on any atom is -0.338 e. The van der Waals surface area contributed by atoms with Gasteiger partial charge in [0, 0.05) is 5.25 Å². The average molecular weight is 270 g/mol. The Morgan fingerprint density at radius 1 is 1.20 bits per heavy atom. The van der Waals surface area contributed by atoms with E-state index in [9.17, 15) is 9.79 Å². The van der Waals surface area contributed by atoms with Gasteiger partial charge in [-0.3, -0.25) is 0 Å². The normalized spacial score (nSPS) is 14.5. The van der Waals surface area contributed by atoms with E-state index >= 15 is 0 Å². The summed E-state index contributed by atoms with van der Waals surface area (Å²) in [5.74, 6) is 0.558. The van der Waals surface area contributed by atoms with E-state index < -0.39 is 5.69 Å². The highest BCUT2D eigenvalue weighted by Gasteiger charge is 2.24. The fourth-order valence-corrected chi connectivity index (χ4v) is 5.84. The summed E-state index contributed by atoms with van der Waals surface area (Å²) in [5, 5.41) is 0.320. The minimum absolute atomic E-state index is 0.320. The van der Waals surface area contributed by atoms with Crippen LogP contribution in [0.4, 0.5) is 0 Å². The van der Waals surface area contributed by atoms with Gasteiger partial charge in [-0.1, -0.05) is 57.8 Å². The van der Waals surface area contributed by atoms with Gasteiger partial charge in [-0.05, 0) is 24.1 Å². The molecular formula is C10H23O2PS2. The molecule has 0 rings (SSSR count). The molecule has 0 aliphatic heterocycles. The Morgan fingerprint density at radius 3 is 2.07 bits per heavy atom. The molecule has 0 heterocycles. The number of unbranched alkanes of at least 4 members (excludes halogenated alkanes) is 1. The van der Waals surface area contributed by atoms with Crippen LogP contribution in [0, 0.1) is 5.92 Å². The summed E-state index contributed by atoms with van der Waals surface area (Å²) in [4.78, 5) is 18.7. The molecule has 0 aromatic heterocycles. The number of hydrogen-bond donors (Lipinski definition) is 2. The van der Waals surface area contributed by atoms with Gasteiger partial charge in [0.05, 0.1) is 0 Å². The van der Waals surface area contributed by atoms with Crippen LogP contribution in [-0.2, 0) is 11.8 Å². The highest BCUT2D eigenvalue weighted by atomic mass is 32.9. The first kappa shape index (κ1) is 15.9. The lowest BCUT2D eigenvalue weighted by atomic mass is 9.95. The van der Waals surface area contributed by atoms with Crippen LogP contribution >= 0.6 is 17.1 Å². The zero-order valence-electron chi connectivity index (χ0n) is 9.85. The molecule has 0 aliphatic rings. The second-order valence-electron chi connectivity index (χ2n) is 3.85. The molecule has 0 aromatic carbocycles. The van der Waals surface area contributed by atoms with Gasteiger partial charge in [0.25, 0.3) is 0 Å². The summed E-state index contributed by atoms with van der Waals surface area (Å²) in [5.41, 5.74) is -3.09. The van der Waals surface area contributed by atoms with Gasteiger partial charge in [0.1, 0.15) is 0 Å². The van der Waals surface area contributed by atoms with Gasteiger partial charge in [-0.15, -0.1) is 0 Å². The van der Waals surface area contributed by atoms with Gasteiger partial charge in [0.2, 0.25) is 5.69 Å². The minimum atomic E-state index is -3.09. The Kier molecular flexibility index (Phi) is 8.57. The molecule has 0 amide bonds. The molecule has 5 heteroatoms. The van der Waals surface area contributed by atoms with Crippen molar-refractivity contribution in [1.82, 2.24) is 0 Å². The first-order chi connectivity index (χ1) is 6.94. The van der Waals surface area contributed by atoms with Crippen LogP contribution in [0.2, 0.25) is 0 Å². The van der Waals surface area contributed by atoms with Crippen molar-refractivity contribution >= 4 is 28.9 Å². The smallest absolute Gasteiger partial charge is 0.242 e. The van der Waals surface area contributed by atoms with Crippen LogP contribution < -0.4 is 0 Å². The molecule has 0 saturated heterocycles. The SMILES string of the molecule is CCCCC(SP(O)(O)=S)C(CC)CC. The molecular weight excluding hydrogens is 247 g/mol. The quantitative estimate of drug-likeness (QED) is 0.656. The summed E-state index contributed by atoms with van der Waals surface area (Å²) in [6.07, 6.45) is 5.52. The standard InChI is InChI=1S/C10H23O2PS2/c1-4-7-8-10(9(5-2)6-3)15-13(11,12)14/h9-10H,4-8H2,1-3H3,(H2,11,12,14). The van der Waals surface area contributed by atoms with Crippen molar-refractivity contribution in [1.29, 1.82) is 0 Å². The van der Waals surface area contributed by atoms with E-state index in [-0.39, 0.29) is 0 Å². The van der Waals surface area contributed by atoms with E-state index in [1.165, 1.54) is 11.4 Å². The zero-order chi connectivity index (χ0) is 11.9. The molecule has 1 atom stereocenters.